The lowest BCUT2D eigenvalue weighted by molar-refractivity contribution is -0.127. The topological polar surface area (TPSA) is 71.5 Å². The van der Waals surface area contributed by atoms with Gasteiger partial charge in [0.1, 0.15) is 0 Å². The van der Waals surface area contributed by atoms with Crippen LogP contribution in [-0.4, -0.2) is 89.5 Å². The Bertz CT molecular complexity index is 895. The van der Waals surface area contributed by atoms with Gasteiger partial charge in [-0.15, -0.1) is 0 Å². The van der Waals surface area contributed by atoms with Crippen LogP contribution in [0, 0.1) is 0 Å². The standard InChI is InChI=1S/C21H27ClN6O2/c1-14(2)12-26-8-10-27(11-9-26)20-23-18-17(19(29)24-21(30)25(18)3)28(20)13-15-6-4-5-7-16(15)22/h4-7,17-18H,1,8-13H2,2-3H3,(H,24,29,30). The predicted molar refractivity (Wildman–Crippen MR) is 116 cm³/mol. The van der Waals surface area contributed by atoms with Gasteiger partial charge in [-0.25, -0.2) is 9.79 Å². The molecule has 3 heterocycles. The highest BCUT2D eigenvalue weighted by Crippen LogP contribution is 2.29. The molecule has 1 aromatic rings. The summed E-state index contributed by atoms with van der Waals surface area (Å²) in [5.41, 5.74) is 2.06. The van der Waals surface area contributed by atoms with E-state index >= 15 is 0 Å². The quantitative estimate of drug-likeness (QED) is 0.734. The Morgan fingerprint density at radius 2 is 1.93 bits per heavy atom. The van der Waals surface area contributed by atoms with Crippen molar-refractivity contribution in [1.29, 1.82) is 0 Å². The zero-order chi connectivity index (χ0) is 21.4. The van der Waals surface area contributed by atoms with Crippen LogP contribution in [-0.2, 0) is 11.3 Å². The number of likely N-dealkylation sites (N-methyl/N-ethyl adjacent to an activating group) is 1. The van der Waals surface area contributed by atoms with Crippen LogP contribution in [0.1, 0.15) is 12.5 Å². The SMILES string of the molecule is C=C(C)CN1CCN(C2=NC3C(C(=O)NC(=O)N3C)N2Cc2ccccc2Cl)CC1. The molecule has 4 rings (SSSR count). The minimum absolute atomic E-state index is 0.324. The third-order valence-electron chi connectivity index (χ3n) is 5.79. The molecule has 30 heavy (non-hydrogen) atoms. The number of nitrogens with zero attached hydrogens (tertiary/aromatic N) is 5. The fraction of sp³-hybridized carbons (Fsp3) is 0.476. The van der Waals surface area contributed by atoms with Crippen molar-refractivity contribution >= 4 is 29.5 Å². The van der Waals surface area contributed by atoms with Gasteiger partial charge in [-0.05, 0) is 18.6 Å². The molecule has 3 amide bonds. The number of hydrogen-bond donors (Lipinski definition) is 1. The molecule has 160 valence electrons. The van der Waals surface area contributed by atoms with Crippen LogP contribution in [0.3, 0.4) is 0 Å². The van der Waals surface area contributed by atoms with Gasteiger partial charge < -0.3 is 14.7 Å². The molecule has 0 bridgehead atoms. The van der Waals surface area contributed by atoms with Gasteiger partial charge in [0.05, 0.1) is 0 Å². The van der Waals surface area contributed by atoms with E-state index in [4.69, 9.17) is 16.6 Å². The first-order chi connectivity index (χ1) is 14.3. The zero-order valence-electron chi connectivity index (χ0n) is 17.3. The fourth-order valence-corrected chi connectivity index (χ4v) is 4.44. The van der Waals surface area contributed by atoms with E-state index in [1.54, 1.807) is 7.05 Å². The largest absolute Gasteiger partial charge is 0.340 e. The van der Waals surface area contributed by atoms with E-state index in [1.165, 1.54) is 4.90 Å². The third-order valence-corrected chi connectivity index (χ3v) is 6.15. The lowest BCUT2D eigenvalue weighted by Gasteiger charge is -2.40. The first-order valence-electron chi connectivity index (χ1n) is 10.1. The lowest BCUT2D eigenvalue weighted by Crippen LogP contribution is -2.64. The number of piperazine rings is 1. The minimum atomic E-state index is -0.576. The number of carbonyl (C=O) groups is 2. The van der Waals surface area contributed by atoms with Gasteiger partial charge in [0.25, 0.3) is 5.91 Å². The molecule has 0 aliphatic carbocycles. The summed E-state index contributed by atoms with van der Waals surface area (Å²) < 4.78 is 0. The summed E-state index contributed by atoms with van der Waals surface area (Å²) >= 11 is 6.41. The molecule has 2 fully saturated rings. The molecule has 2 saturated heterocycles. The maximum Gasteiger partial charge on any atom is 0.325 e. The van der Waals surface area contributed by atoms with Gasteiger partial charge >= 0.3 is 6.03 Å². The Morgan fingerprint density at radius 3 is 2.60 bits per heavy atom. The van der Waals surface area contributed by atoms with Crippen molar-refractivity contribution in [2.45, 2.75) is 25.7 Å². The van der Waals surface area contributed by atoms with Crippen molar-refractivity contribution in [3.63, 3.8) is 0 Å². The van der Waals surface area contributed by atoms with Gasteiger partial charge in [0.15, 0.2) is 18.2 Å². The van der Waals surface area contributed by atoms with Crippen LogP contribution in [0.5, 0.6) is 0 Å². The van der Waals surface area contributed by atoms with Crippen LogP contribution in [0.4, 0.5) is 4.79 Å². The van der Waals surface area contributed by atoms with Gasteiger partial charge in [0, 0.05) is 51.3 Å². The van der Waals surface area contributed by atoms with Crippen LogP contribution in [0.2, 0.25) is 5.02 Å². The molecule has 0 saturated carbocycles. The number of aliphatic imine (C=N–C) groups is 1. The van der Waals surface area contributed by atoms with Gasteiger partial charge in [-0.2, -0.15) is 0 Å². The van der Waals surface area contributed by atoms with Gasteiger partial charge in [-0.3, -0.25) is 15.0 Å². The number of guanidine groups is 1. The number of rotatable bonds is 4. The van der Waals surface area contributed by atoms with E-state index in [0.29, 0.717) is 11.6 Å². The molecule has 1 aromatic carbocycles. The zero-order valence-corrected chi connectivity index (χ0v) is 18.1. The molecule has 0 radical (unpaired) electrons. The lowest BCUT2D eigenvalue weighted by atomic mass is 10.1. The van der Waals surface area contributed by atoms with E-state index in [1.807, 2.05) is 36.1 Å². The smallest absolute Gasteiger partial charge is 0.325 e. The van der Waals surface area contributed by atoms with Crippen LogP contribution < -0.4 is 5.32 Å². The summed E-state index contributed by atoms with van der Waals surface area (Å²) in [5.74, 6) is 0.423. The number of imide groups is 1. The molecule has 2 unspecified atom stereocenters. The van der Waals surface area contributed by atoms with Crippen molar-refractivity contribution in [3.05, 3.63) is 47.0 Å². The summed E-state index contributed by atoms with van der Waals surface area (Å²) in [6, 6.07) is 6.61. The van der Waals surface area contributed by atoms with E-state index < -0.39 is 18.2 Å². The molecular formula is C21H27ClN6O2. The highest BCUT2D eigenvalue weighted by molar-refractivity contribution is 6.31. The highest BCUT2D eigenvalue weighted by Gasteiger charge is 2.49. The first-order valence-corrected chi connectivity index (χ1v) is 10.5. The Labute approximate surface area is 181 Å². The minimum Gasteiger partial charge on any atom is -0.340 e. The Morgan fingerprint density at radius 1 is 1.23 bits per heavy atom. The van der Waals surface area contributed by atoms with Crippen molar-refractivity contribution in [2.75, 3.05) is 39.8 Å². The monoisotopic (exact) mass is 430 g/mol. The average molecular weight is 431 g/mol. The molecule has 3 aliphatic rings. The second-order valence-electron chi connectivity index (χ2n) is 8.13. The summed E-state index contributed by atoms with van der Waals surface area (Å²) in [5, 5.41) is 3.09. The maximum atomic E-state index is 12.8. The highest BCUT2D eigenvalue weighted by atomic mass is 35.5. The number of halogens is 1. The second-order valence-corrected chi connectivity index (χ2v) is 8.54. The van der Waals surface area contributed by atoms with Crippen molar-refractivity contribution < 1.29 is 9.59 Å². The van der Waals surface area contributed by atoms with Crippen molar-refractivity contribution in [2.24, 2.45) is 4.99 Å². The molecule has 3 aliphatic heterocycles. The molecule has 0 spiro atoms. The van der Waals surface area contributed by atoms with Crippen molar-refractivity contribution in [3.8, 4) is 0 Å². The predicted octanol–water partition coefficient (Wildman–Crippen LogP) is 1.58. The first kappa shape index (κ1) is 20.7. The summed E-state index contributed by atoms with van der Waals surface area (Å²) in [6.07, 6.45) is -0.544. The second kappa shape index (κ2) is 8.28. The number of carbonyl (C=O) groups excluding carboxylic acids is 2. The van der Waals surface area contributed by atoms with Crippen molar-refractivity contribution in [1.82, 2.24) is 24.9 Å². The Kier molecular flexibility index (Phi) is 5.71. The number of benzene rings is 1. The molecule has 8 nitrogen and oxygen atoms in total. The Balaban J connectivity index is 1.60. The number of nitrogens with one attached hydrogen (secondary N) is 1. The van der Waals surface area contributed by atoms with Gasteiger partial charge in [0.2, 0.25) is 0 Å². The molecule has 2 atom stereocenters. The summed E-state index contributed by atoms with van der Waals surface area (Å²) in [7, 11) is 1.67. The average Bonchev–Trinajstić information content (AvgIpc) is 3.08. The molecule has 1 N–H and O–H groups in total. The number of fused-ring (bicyclic) bond motifs is 1. The maximum absolute atomic E-state index is 12.8. The van der Waals surface area contributed by atoms with Gasteiger partial charge in [-0.1, -0.05) is 42.0 Å². The van der Waals surface area contributed by atoms with E-state index in [0.717, 1.165) is 49.8 Å². The number of hydrogen-bond acceptors (Lipinski definition) is 6. The summed E-state index contributed by atoms with van der Waals surface area (Å²) in [4.78, 5) is 37.8. The normalized spacial score (nSPS) is 24.6. The van der Waals surface area contributed by atoms with E-state index in [2.05, 4.69) is 21.7 Å². The van der Waals surface area contributed by atoms with Crippen LogP contribution >= 0.6 is 11.6 Å². The van der Waals surface area contributed by atoms with Crippen LogP contribution in [0.25, 0.3) is 0 Å². The van der Waals surface area contributed by atoms with Crippen LogP contribution in [0.15, 0.2) is 41.4 Å². The molecule has 9 heteroatoms. The fourth-order valence-electron chi connectivity index (χ4n) is 4.24. The third kappa shape index (κ3) is 3.89. The Hall–Kier alpha value is -2.58. The molecule has 0 aromatic heterocycles. The molecular weight excluding hydrogens is 404 g/mol. The number of amides is 3. The summed E-state index contributed by atoms with van der Waals surface area (Å²) in [6.45, 7) is 10.7. The van der Waals surface area contributed by atoms with E-state index in [-0.39, 0.29) is 5.91 Å². The van der Waals surface area contributed by atoms with E-state index in [9.17, 15) is 9.59 Å². The number of urea groups is 1.